The first-order valence-corrected chi connectivity index (χ1v) is 22.1. The van der Waals surface area contributed by atoms with E-state index in [4.69, 9.17) is 10.5 Å². The molecule has 10 heteroatoms. The number of pyridine rings is 1. The summed E-state index contributed by atoms with van der Waals surface area (Å²) in [5.74, 6) is 7.74. The van der Waals surface area contributed by atoms with Crippen LogP contribution >= 0.6 is 0 Å². The van der Waals surface area contributed by atoms with Gasteiger partial charge in [-0.25, -0.2) is 4.98 Å². The highest BCUT2D eigenvalue weighted by molar-refractivity contribution is 5.85. The number of rotatable bonds is 15. The van der Waals surface area contributed by atoms with Gasteiger partial charge in [0.2, 0.25) is 0 Å². The number of aliphatic hydroxyl groups is 2. The lowest BCUT2D eigenvalue weighted by atomic mass is 9.62. The number of phenols is 1. The number of aromatic hydroxyl groups is 1. The van der Waals surface area contributed by atoms with E-state index in [2.05, 4.69) is 33.2 Å². The number of Topliss-reactive ketones (excluding diaryl/α,β-unsaturated/α-hetero) is 2. The first kappa shape index (κ1) is 42.1. The summed E-state index contributed by atoms with van der Waals surface area (Å²) in [6, 6.07) is 5.71. The summed E-state index contributed by atoms with van der Waals surface area (Å²) in [6.45, 7) is 0.698. The Hall–Kier alpha value is -4.04. The van der Waals surface area contributed by atoms with Gasteiger partial charge in [0.15, 0.2) is 17.3 Å². The van der Waals surface area contributed by atoms with E-state index >= 15 is 0 Å². The van der Waals surface area contributed by atoms with Crippen LogP contribution in [-0.4, -0.2) is 75.5 Å². The number of methoxy groups -OCH3 is 1. The molecule has 312 valence electrons. The highest BCUT2D eigenvalue weighted by atomic mass is 16.5. The van der Waals surface area contributed by atoms with Crippen LogP contribution < -0.4 is 15.8 Å². The number of phenolic OH excluding ortho intramolecular Hbond substituents is 1. The number of piperidine rings is 1. The fourth-order valence-corrected chi connectivity index (χ4v) is 10.8. The molecule has 2 saturated carbocycles. The van der Waals surface area contributed by atoms with Crippen molar-refractivity contribution in [3.63, 3.8) is 0 Å². The van der Waals surface area contributed by atoms with Gasteiger partial charge in [-0.15, -0.1) is 0 Å². The molecule has 58 heavy (non-hydrogen) atoms. The van der Waals surface area contributed by atoms with Crippen LogP contribution in [0.15, 0.2) is 41.0 Å². The number of allylic oxidation sites excluding steroid dienone is 1. The number of aliphatic imine (C=N–C) groups is 1. The maximum atomic E-state index is 13.7. The number of unbranched alkanes of at least 4 members (excludes halogenated alkanes) is 1. The number of ether oxygens (including phenoxy) is 1. The summed E-state index contributed by atoms with van der Waals surface area (Å²) in [7, 11) is 1.51. The monoisotopic (exact) mass is 792 g/mol. The zero-order chi connectivity index (χ0) is 40.6. The lowest BCUT2D eigenvalue weighted by Crippen LogP contribution is -2.63. The third kappa shape index (κ3) is 10.2. The van der Waals surface area contributed by atoms with Crippen LogP contribution in [0.3, 0.4) is 0 Å². The second-order valence-corrected chi connectivity index (χ2v) is 17.9. The highest BCUT2D eigenvalue weighted by Crippen LogP contribution is 2.47. The highest BCUT2D eigenvalue weighted by Gasteiger charge is 2.48. The van der Waals surface area contributed by atoms with E-state index < -0.39 is 18.1 Å². The number of aromatic nitrogens is 1. The molecule has 5 aliphatic rings. The molecule has 7 atom stereocenters. The number of nitrogens with one attached hydrogen (secondary N) is 1. The molecule has 10 nitrogen and oxygen atoms in total. The Morgan fingerprint density at radius 2 is 1.84 bits per heavy atom. The predicted octanol–water partition coefficient (Wildman–Crippen LogP) is 6.90. The summed E-state index contributed by atoms with van der Waals surface area (Å²) < 4.78 is 5.44. The van der Waals surface area contributed by atoms with Crippen LogP contribution in [0, 0.1) is 29.6 Å². The Balaban J connectivity index is 0.994. The fourth-order valence-electron chi connectivity index (χ4n) is 10.8. The van der Waals surface area contributed by atoms with Crippen LogP contribution in [0.1, 0.15) is 137 Å². The number of hydrogen-bond acceptors (Lipinski definition) is 10. The molecule has 1 aromatic carbocycles. The number of aliphatic hydroxyl groups excluding tert-OH is 2. The quantitative estimate of drug-likeness (QED) is 0.0953. The maximum absolute atomic E-state index is 13.7. The van der Waals surface area contributed by atoms with Crippen LogP contribution in [0.2, 0.25) is 0 Å². The van der Waals surface area contributed by atoms with Gasteiger partial charge in [-0.1, -0.05) is 50.0 Å². The van der Waals surface area contributed by atoms with E-state index in [0.717, 1.165) is 59.9 Å². The molecule has 0 unspecified atom stereocenters. The molecule has 0 radical (unpaired) electrons. The van der Waals surface area contributed by atoms with E-state index in [9.17, 15) is 24.9 Å². The number of ketones is 2. The van der Waals surface area contributed by atoms with Crippen LogP contribution in [0.5, 0.6) is 11.5 Å². The summed E-state index contributed by atoms with van der Waals surface area (Å²) in [5.41, 5.74) is 11.2. The Labute approximate surface area is 344 Å². The van der Waals surface area contributed by atoms with E-state index in [1.165, 1.54) is 45.6 Å². The zero-order valence-corrected chi connectivity index (χ0v) is 34.4. The second kappa shape index (κ2) is 19.4. The maximum Gasteiger partial charge on any atom is 0.160 e. The van der Waals surface area contributed by atoms with Crippen LogP contribution in [-0.2, 0) is 28.9 Å². The Bertz CT molecular complexity index is 1910. The average molecular weight is 793 g/mol. The van der Waals surface area contributed by atoms with Gasteiger partial charge in [-0.05, 0) is 128 Å². The average Bonchev–Trinajstić information content (AvgIpc) is 3.75. The molecule has 3 aliphatic carbocycles. The number of aryl methyl sites for hydroxylation is 2. The molecule has 1 saturated heterocycles. The van der Waals surface area contributed by atoms with Gasteiger partial charge in [-0.3, -0.25) is 14.6 Å². The smallest absolute Gasteiger partial charge is 0.160 e. The third-order valence-electron chi connectivity index (χ3n) is 14.1. The Morgan fingerprint density at radius 1 is 1.00 bits per heavy atom. The van der Waals surface area contributed by atoms with E-state index in [-0.39, 0.29) is 29.4 Å². The molecule has 1 aromatic heterocycles. The van der Waals surface area contributed by atoms with Crippen molar-refractivity contribution in [2.45, 2.75) is 158 Å². The van der Waals surface area contributed by atoms with Crippen molar-refractivity contribution in [1.82, 2.24) is 10.3 Å². The number of nitrogen functional groups attached to an aromatic ring is 1. The molecule has 7 rings (SSSR count). The minimum Gasteiger partial charge on any atom is -0.504 e. The number of carbonyl (C=O) groups is 2. The molecule has 3 fully saturated rings. The van der Waals surface area contributed by atoms with Crippen LogP contribution in [0.25, 0.3) is 0 Å². The number of nitrogens with zero attached hydrogens (tertiary/aromatic N) is 2. The molecule has 1 spiro atoms. The first-order valence-electron chi connectivity index (χ1n) is 22.1. The molecule has 2 aliphatic heterocycles. The Kier molecular flexibility index (Phi) is 14.0. The second-order valence-electron chi connectivity index (χ2n) is 17.9. The van der Waals surface area contributed by atoms with Gasteiger partial charge in [0.1, 0.15) is 17.5 Å². The topological polar surface area (TPSA) is 167 Å². The standard InChI is InChI=1S/C48H64N4O6/c1-58-46-25-34-13-18-44(56)40(43(55)8-4-3-7-37-24-35-11-16-39(54)27-42(35)52-48(37)20-5-2-6-21-48)17-12-32(41(34)28-45(46)57)9-14-38(53)15-10-33-26-47(49)51-30-36(33)23-31-19-22-50-29-31/h19,25-26,28-30,32,35,37-38,40,42-43,52-53,55,57H,2-11,13-16,18,20-24,27H2,1H3,(H2,49,51)/t32-,35+,37-,38+,40-,42-,43-/m1/s1. The number of fused-ring (bicyclic) bond motifs is 2. The van der Waals surface area contributed by atoms with E-state index in [1.807, 2.05) is 18.5 Å². The van der Waals surface area contributed by atoms with Gasteiger partial charge < -0.3 is 31.1 Å². The van der Waals surface area contributed by atoms with Crippen molar-refractivity contribution in [2.75, 3.05) is 19.4 Å². The summed E-state index contributed by atoms with van der Waals surface area (Å²) in [6.07, 6.45) is 21.0. The number of anilines is 1. The van der Waals surface area contributed by atoms with Gasteiger partial charge in [0.25, 0.3) is 0 Å². The SMILES string of the molecule is COc1cc2c(cc1O)[C@H](CC[C@H](O)CCc1cc(N)ncc1CC1=CCN=C1)C#C[C@H]([C@H](O)CCCC[C@@H]1C[C@@H]3CCC(=O)C[C@H]3NC13CCCCC3)C(=O)CC2. The molecule has 0 bridgehead atoms. The molecule has 0 amide bonds. The molecular weight excluding hydrogens is 729 g/mol. The molecule has 6 N–H and O–H groups in total. The van der Waals surface area contributed by atoms with Gasteiger partial charge in [0, 0.05) is 55.6 Å². The van der Waals surface area contributed by atoms with E-state index in [0.29, 0.717) is 93.1 Å². The van der Waals surface area contributed by atoms with Crippen molar-refractivity contribution < 1.29 is 29.6 Å². The van der Waals surface area contributed by atoms with Gasteiger partial charge >= 0.3 is 0 Å². The van der Waals surface area contributed by atoms with Gasteiger partial charge in [0.05, 0.1) is 25.9 Å². The lowest BCUT2D eigenvalue weighted by molar-refractivity contribution is -0.124. The zero-order valence-electron chi connectivity index (χ0n) is 34.4. The van der Waals surface area contributed by atoms with E-state index in [1.54, 1.807) is 12.1 Å². The Morgan fingerprint density at radius 3 is 2.64 bits per heavy atom. The summed E-state index contributed by atoms with van der Waals surface area (Å²) in [5, 5.41) is 37.8. The van der Waals surface area contributed by atoms with Crippen molar-refractivity contribution >= 4 is 23.6 Å². The number of carbonyl (C=O) groups excluding carboxylic acids is 2. The largest absolute Gasteiger partial charge is 0.504 e. The molecule has 3 heterocycles. The summed E-state index contributed by atoms with van der Waals surface area (Å²) >= 11 is 0. The minimum absolute atomic E-state index is 0.0108. The third-order valence-corrected chi connectivity index (χ3v) is 14.1. The number of benzene rings is 1. The minimum atomic E-state index is -0.870. The summed E-state index contributed by atoms with van der Waals surface area (Å²) in [4.78, 5) is 34.7. The predicted molar refractivity (Wildman–Crippen MR) is 227 cm³/mol. The van der Waals surface area contributed by atoms with Crippen molar-refractivity contribution in [2.24, 2.45) is 22.7 Å². The number of hydrogen-bond donors (Lipinski definition) is 5. The first-order chi connectivity index (χ1) is 28.1. The normalized spacial score (nSPS) is 26.3. The van der Waals surface area contributed by atoms with Crippen molar-refractivity contribution in [3.8, 4) is 23.3 Å². The number of nitrogens with two attached hydrogens (primary N) is 1. The van der Waals surface area contributed by atoms with Crippen molar-refractivity contribution in [1.29, 1.82) is 0 Å². The van der Waals surface area contributed by atoms with Crippen LogP contribution in [0.4, 0.5) is 5.82 Å². The lowest BCUT2D eigenvalue weighted by Gasteiger charge is -2.54. The fraction of sp³-hybridized carbons (Fsp3) is 0.625. The molecule has 2 aromatic rings. The van der Waals surface area contributed by atoms with Gasteiger partial charge in [-0.2, -0.15) is 0 Å². The van der Waals surface area contributed by atoms with Crippen molar-refractivity contribution in [3.05, 3.63) is 58.3 Å². The molecular formula is C48H64N4O6.